The first-order valence-electron chi connectivity index (χ1n) is 9.05. The standard InChI is InChI=1S/C20H24N2O5/c1-25-16-5-2-3-6-17(16)27-14-10-21-19(23)15-8-11-22(12-9-15)20(24)18-7-4-13-26-18/h2-7,13,15H,8-12,14H2,1H3,(H,21,23). The number of carbonyl (C=O) groups excluding carboxylic acids is 2. The Morgan fingerprint density at radius 1 is 1.15 bits per heavy atom. The van der Waals surface area contributed by atoms with Crippen molar-refractivity contribution in [2.45, 2.75) is 12.8 Å². The third-order valence-corrected chi connectivity index (χ3v) is 4.61. The number of benzene rings is 1. The van der Waals surface area contributed by atoms with Crippen LogP contribution in [0.2, 0.25) is 0 Å². The molecular formula is C20H24N2O5. The van der Waals surface area contributed by atoms with E-state index >= 15 is 0 Å². The first-order chi connectivity index (χ1) is 13.2. The number of methoxy groups -OCH3 is 1. The number of hydrogen-bond donors (Lipinski definition) is 1. The predicted octanol–water partition coefficient (Wildman–Crippen LogP) is 2.34. The van der Waals surface area contributed by atoms with Gasteiger partial charge in [0.1, 0.15) is 6.61 Å². The third-order valence-electron chi connectivity index (χ3n) is 4.61. The fourth-order valence-corrected chi connectivity index (χ4v) is 3.12. The van der Waals surface area contributed by atoms with Crippen LogP contribution in [0.15, 0.2) is 47.1 Å². The molecule has 0 saturated carbocycles. The quantitative estimate of drug-likeness (QED) is 0.755. The van der Waals surface area contributed by atoms with Crippen LogP contribution in [-0.2, 0) is 4.79 Å². The van der Waals surface area contributed by atoms with Gasteiger partial charge in [-0.3, -0.25) is 9.59 Å². The Morgan fingerprint density at radius 3 is 2.56 bits per heavy atom. The Hall–Kier alpha value is -2.96. The second kappa shape index (κ2) is 9.12. The molecular weight excluding hydrogens is 348 g/mol. The highest BCUT2D eigenvalue weighted by Crippen LogP contribution is 2.25. The second-order valence-electron chi connectivity index (χ2n) is 6.33. The molecule has 0 unspecified atom stereocenters. The molecule has 3 rings (SSSR count). The molecule has 2 aromatic rings. The molecule has 0 aliphatic carbocycles. The number of likely N-dealkylation sites (tertiary alicyclic amines) is 1. The molecule has 1 aliphatic rings. The Labute approximate surface area is 158 Å². The second-order valence-corrected chi connectivity index (χ2v) is 6.33. The first-order valence-corrected chi connectivity index (χ1v) is 9.05. The van der Waals surface area contributed by atoms with Crippen molar-refractivity contribution in [2.24, 2.45) is 5.92 Å². The molecule has 1 saturated heterocycles. The topological polar surface area (TPSA) is 81.0 Å². The van der Waals surface area contributed by atoms with Crippen molar-refractivity contribution < 1.29 is 23.5 Å². The molecule has 7 nitrogen and oxygen atoms in total. The van der Waals surface area contributed by atoms with E-state index in [-0.39, 0.29) is 17.7 Å². The minimum absolute atomic E-state index is 0.00345. The van der Waals surface area contributed by atoms with Crippen molar-refractivity contribution >= 4 is 11.8 Å². The van der Waals surface area contributed by atoms with Crippen LogP contribution < -0.4 is 14.8 Å². The molecule has 0 atom stereocenters. The number of nitrogens with one attached hydrogen (secondary N) is 1. The average Bonchev–Trinajstić information content (AvgIpc) is 3.25. The van der Waals surface area contributed by atoms with Gasteiger partial charge in [-0.15, -0.1) is 0 Å². The number of ether oxygens (including phenoxy) is 2. The van der Waals surface area contributed by atoms with Crippen LogP contribution in [0.4, 0.5) is 0 Å². The Bertz CT molecular complexity index is 751. The first kappa shape index (κ1) is 18.8. The molecule has 144 valence electrons. The predicted molar refractivity (Wildman–Crippen MR) is 98.8 cm³/mol. The van der Waals surface area contributed by atoms with E-state index < -0.39 is 0 Å². The molecule has 27 heavy (non-hydrogen) atoms. The molecule has 0 radical (unpaired) electrons. The summed E-state index contributed by atoms with van der Waals surface area (Å²) in [5.41, 5.74) is 0. The lowest BCUT2D eigenvalue weighted by Gasteiger charge is -2.30. The number of hydrogen-bond acceptors (Lipinski definition) is 5. The van der Waals surface area contributed by atoms with Crippen LogP contribution in [-0.4, -0.2) is 50.1 Å². The summed E-state index contributed by atoms with van der Waals surface area (Å²) in [5, 5.41) is 2.91. The van der Waals surface area contributed by atoms with Crippen molar-refractivity contribution in [2.75, 3.05) is 33.4 Å². The van der Waals surface area contributed by atoms with Gasteiger partial charge >= 0.3 is 0 Å². The minimum Gasteiger partial charge on any atom is -0.493 e. The van der Waals surface area contributed by atoms with Gasteiger partial charge in [-0.05, 0) is 37.1 Å². The van der Waals surface area contributed by atoms with Crippen LogP contribution in [0.3, 0.4) is 0 Å². The Kier molecular flexibility index (Phi) is 6.35. The highest BCUT2D eigenvalue weighted by atomic mass is 16.5. The number of carbonyl (C=O) groups is 2. The van der Waals surface area contributed by atoms with Gasteiger partial charge in [-0.1, -0.05) is 12.1 Å². The van der Waals surface area contributed by atoms with Gasteiger partial charge in [-0.2, -0.15) is 0 Å². The summed E-state index contributed by atoms with van der Waals surface area (Å²) < 4.78 is 16.0. The summed E-state index contributed by atoms with van der Waals surface area (Å²) in [7, 11) is 1.59. The molecule has 1 aromatic carbocycles. The lowest BCUT2D eigenvalue weighted by atomic mass is 9.96. The molecule has 1 N–H and O–H groups in total. The maximum Gasteiger partial charge on any atom is 0.289 e. The molecule has 0 bridgehead atoms. The summed E-state index contributed by atoms with van der Waals surface area (Å²) in [5.74, 6) is 1.45. The van der Waals surface area contributed by atoms with Gasteiger partial charge in [0.25, 0.3) is 5.91 Å². The fraction of sp³-hybridized carbons (Fsp3) is 0.400. The zero-order valence-electron chi connectivity index (χ0n) is 15.3. The van der Waals surface area contributed by atoms with Crippen molar-refractivity contribution in [1.29, 1.82) is 0 Å². The Balaban J connectivity index is 1.38. The summed E-state index contributed by atoms with van der Waals surface area (Å²) in [4.78, 5) is 26.3. The molecule has 0 spiro atoms. The number of furan rings is 1. The zero-order chi connectivity index (χ0) is 19.1. The van der Waals surface area contributed by atoms with E-state index in [2.05, 4.69) is 5.32 Å². The highest BCUT2D eigenvalue weighted by Gasteiger charge is 2.28. The van der Waals surface area contributed by atoms with Gasteiger partial charge in [-0.25, -0.2) is 0 Å². The van der Waals surface area contributed by atoms with Crippen LogP contribution in [0, 0.1) is 5.92 Å². The van der Waals surface area contributed by atoms with E-state index in [0.29, 0.717) is 56.3 Å². The SMILES string of the molecule is COc1ccccc1OCCNC(=O)C1CCN(C(=O)c2ccco2)CC1. The molecule has 2 heterocycles. The van der Waals surface area contributed by atoms with Gasteiger partial charge in [0, 0.05) is 19.0 Å². The average molecular weight is 372 g/mol. The van der Waals surface area contributed by atoms with E-state index in [4.69, 9.17) is 13.9 Å². The zero-order valence-corrected chi connectivity index (χ0v) is 15.3. The van der Waals surface area contributed by atoms with Gasteiger partial charge in [0.15, 0.2) is 17.3 Å². The van der Waals surface area contributed by atoms with Gasteiger partial charge in [0.05, 0.1) is 19.9 Å². The molecule has 1 aliphatic heterocycles. The van der Waals surface area contributed by atoms with E-state index in [0.717, 1.165) is 0 Å². The molecule has 1 aromatic heterocycles. The highest BCUT2D eigenvalue weighted by molar-refractivity contribution is 5.91. The van der Waals surface area contributed by atoms with Gasteiger partial charge in [0.2, 0.25) is 5.91 Å². The maximum atomic E-state index is 12.3. The maximum absolute atomic E-state index is 12.3. The van der Waals surface area contributed by atoms with E-state index in [9.17, 15) is 9.59 Å². The number of piperidine rings is 1. The van der Waals surface area contributed by atoms with Crippen LogP contribution >= 0.6 is 0 Å². The largest absolute Gasteiger partial charge is 0.493 e. The smallest absolute Gasteiger partial charge is 0.289 e. The summed E-state index contributed by atoms with van der Waals surface area (Å²) >= 11 is 0. The Morgan fingerprint density at radius 2 is 1.89 bits per heavy atom. The van der Waals surface area contributed by atoms with Crippen molar-refractivity contribution in [3.63, 3.8) is 0 Å². The number of amides is 2. The molecule has 2 amide bonds. The third kappa shape index (κ3) is 4.81. The monoisotopic (exact) mass is 372 g/mol. The lowest BCUT2D eigenvalue weighted by molar-refractivity contribution is -0.126. The van der Waals surface area contributed by atoms with Crippen molar-refractivity contribution in [3.8, 4) is 11.5 Å². The summed E-state index contributed by atoms with van der Waals surface area (Å²) in [6.45, 7) is 1.88. The van der Waals surface area contributed by atoms with Crippen LogP contribution in [0.5, 0.6) is 11.5 Å². The number of rotatable bonds is 7. The summed E-state index contributed by atoms with van der Waals surface area (Å²) in [6, 6.07) is 10.7. The normalized spacial score (nSPS) is 14.6. The van der Waals surface area contributed by atoms with Crippen molar-refractivity contribution in [3.05, 3.63) is 48.4 Å². The van der Waals surface area contributed by atoms with E-state index in [1.54, 1.807) is 24.1 Å². The molecule has 1 fully saturated rings. The van der Waals surface area contributed by atoms with Crippen LogP contribution in [0.1, 0.15) is 23.4 Å². The van der Waals surface area contributed by atoms with Crippen LogP contribution in [0.25, 0.3) is 0 Å². The van der Waals surface area contributed by atoms with Crippen molar-refractivity contribution in [1.82, 2.24) is 10.2 Å². The van der Waals surface area contributed by atoms with Gasteiger partial charge < -0.3 is 24.1 Å². The molecule has 7 heteroatoms. The number of para-hydroxylation sites is 2. The fourth-order valence-electron chi connectivity index (χ4n) is 3.12. The summed E-state index contributed by atoms with van der Waals surface area (Å²) in [6.07, 6.45) is 2.78. The van der Waals surface area contributed by atoms with E-state index in [1.807, 2.05) is 24.3 Å². The van der Waals surface area contributed by atoms with E-state index in [1.165, 1.54) is 6.26 Å². The minimum atomic E-state index is -0.121. The lowest BCUT2D eigenvalue weighted by Crippen LogP contribution is -2.43. The number of nitrogens with zero attached hydrogens (tertiary/aromatic N) is 1.